The fraction of sp³-hybridized carbons (Fsp3) is 0.364. The van der Waals surface area contributed by atoms with E-state index in [2.05, 4.69) is 15.9 Å². The van der Waals surface area contributed by atoms with Crippen LogP contribution in [0.3, 0.4) is 0 Å². The Hall–Kier alpha value is -0.480. The molecule has 1 rings (SSSR count). The van der Waals surface area contributed by atoms with Gasteiger partial charge in [-0.15, -0.1) is 11.8 Å². The second kappa shape index (κ2) is 5.03. The van der Waals surface area contributed by atoms with E-state index in [1.54, 1.807) is 0 Å². The molecule has 4 heteroatoms. The SMILES string of the molecule is COC(=O)C(C)(C)Sc1ccccc1Br. The molecule has 0 radical (unpaired) electrons. The van der Waals surface area contributed by atoms with Gasteiger partial charge in [-0.1, -0.05) is 12.1 Å². The molecule has 0 spiro atoms. The first kappa shape index (κ1) is 12.6. The van der Waals surface area contributed by atoms with Crippen molar-refractivity contribution in [1.29, 1.82) is 0 Å². The van der Waals surface area contributed by atoms with Crippen molar-refractivity contribution in [3.8, 4) is 0 Å². The molecule has 0 bridgehead atoms. The van der Waals surface area contributed by atoms with Crippen LogP contribution in [0.5, 0.6) is 0 Å². The van der Waals surface area contributed by atoms with Crippen LogP contribution >= 0.6 is 27.7 Å². The van der Waals surface area contributed by atoms with E-state index in [1.165, 1.54) is 18.9 Å². The van der Waals surface area contributed by atoms with Crippen molar-refractivity contribution in [2.45, 2.75) is 23.5 Å². The van der Waals surface area contributed by atoms with E-state index in [0.717, 1.165) is 9.37 Å². The molecule has 0 N–H and O–H groups in total. The van der Waals surface area contributed by atoms with E-state index >= 15 is 0 Å². The number of methoxy groups -OCH3 is 1. The molecule has 0 unspecified atom stereocenters. The maximum Gasteiger partial charge on any atom is 0.321 e. The Morgan fingerprint density at radius 3 is 2.53 bits per heavy atom. The first-order chi connectivity index (χ1) is 6.97. The van der Waals surface area contributed by atoms with Gasteiger partial charge < -0.3 is 4.74 Å². The molecule has 82 valence electrons. The summed E-state index contributed by atoms with van der Waals surface area (Å²) in [6, 6.07) is 7.81. The van der Waals surface area contributed by atoms with Gasteiger partial charge in [0, 0.05) is 9.37 Å². The van der Waals surface area contributed by atoms with Crippen molar-refractivity contribution in [1.82, 2.24) is 0 Å². The third kappa shape index (κ3) is 3.24. The highest BCUT2D eigenvalue weighted by atomic mass is 79.9. The summed E-state index contributed by atoms with van der Waals surface area (Å²) in [5.74, 6) is -0.219. The zero-order chi connectivity index (χ0) is 11.5. The lowest BCUT2D eigenvalue weighted by Gasteiger charge is -2.21. The number of carbonyl (C=O) groups excluding carboxylic acids is 1. The van der Waals surface area contributed by atoms with Crippen LogP contribution in [0.1, 0.15) is 13.8 Å². The summed E-state index contributed by atoms with van der Waals surface area (Å²) in [7, 11) is 1.41. The smallest absolute Gasteiger partial charge is 0.321 e. The number of ether oxygens (including phenoxy) is 1. The predicted octanol–water partition coefficient (Wildman–Crippen LogP) is 3.49. The fourth-order valence-corrected chi connectivity index (χ4v) is 2.65. The molecule has 0 aliphatic carbocycles. The summed E-state index contributed by atoms with van der Waals surface area (Å²) >= 11 is 4.93. The number of esters is 1. The number of hydrogen-bond acceptors (Lipinski definition) is 3. The molecule has 0 amide bonds. The lowest BCUT2D eigenvalue weighted by Crippen LogP contribution is -2.28. The van der Waals surface area contributed by atoms with Crippen LogP contribution in [0.25, 0.3) is 0 Å². The Labute approximate surface area is 103 Å². The highest BCUT2D eigenvalue weighted by molar-refractivity contribution is 9.10. The Bertz CT molecular complexity index is 363. The number of halogens is 1. The first-order valence-corrected chi connectivity index (χ1v) is 6.10. The normalized spacial score (nSPS) is 11.2. The van der Waals surface area contributed by atoms with Gasteiger partial charge in [-0.3, -0.25) is 4.79 Å². The number of benzene rings is 1. The molecule has 15 heavy (non-hydrogen) atoms. The van der Waals surface area contributed by atoms with Gasteiger partial charge in [-0.2, -0.15) is 0 Å². The van der Waals surface area contributed by atoms with Crippen molar-refractivity contribution in [3.05, 3.63) is 28.7 Å². The van der Waals surface area contributed by atoms with Gasteiger partial charge in [0.15, 0.2) is 0 Å². The minimum absolute atomic E-state index is 0.219. The minimum atomic E-state index is -0.571. The van der Waals surface area contributed by atoms with Crippen molar-refractivity contribution in [2.75, 3.05) is 7.11 Å². The summed E-state index contributed by atoms with van der Waals surface area (Å²) in [6.07, 6.45) is 0. The van der Waals surface area contributed by atoms with Gasteiger partial charge >= 0.3 is 5.97 Å². The molecule has 1 aromatic rings. The highest BCUT2D eigenvalue weighted by Crippen LogP contribution is 2.37. The molecule has 1 aromatic carbocycles. The van der Waals surface area contributed by atoms with Gasteiger partial charge in [0.2, 0.25) is 0 Å². The molecule has 0 atom stereocenters. The fourth-order valence-electron chi connectivity index (χ4n) is 1.09. The molecule has 0 aliphatic heterocycles. The zero-order valence-corrected chi connectivity index (χ0v) is 11.3. The van der Waals surface area contributed by atoms with Crippen LogP contribution in [0.4, 0.5) is 0 Å². The molecular formula is C11H13BrO2S. The molecular weight excluding hydrogens is 276 g/mol. The van der Waals surface area contributed by atoms with Crippen LogP contribution in [0, 0.1) is 0 Å². The molecule has 0 aliphatic rings. The molecule has 2 nitrogen and oxygen atoms in total. The quantitative estimate of drug-likeness (QED) is 0.629. The Morgan fingerprint density at radius 1 is 1.40 bits per heavy atom. The van der Waals surface area contributed by atoms with E-state index in [1.807, 2.05) is 38.1 Å². The van der Waals surface area contributed by atoms with Crippen molar-refractivity contribution in [2.24, 2.45) is 0 Å². The lowest BCUT2D eigenvalue weighted by molar-refractivity contribution is -0.142. The van der Waals surface area contributed by atoms with Gasteiger partial charge in [0.1, 0.15) is 4.75 Å². The standard InChI is InChI=1S/C11H13BrO2S/c1-11(2,10(13)14-3)15-9-7-5-4-6-8(9)12/h4-7H,1-3H3. The van der Waals surface area contributed by atoms with Crippen LogP contribution in [0.15, 0.2) is 33.6 Å². The minimum Gasteiger partial charge on any atom is -0.468 e. The first-order valence-electron chi connectivity index (χ1n) is 4.49. The molecule has 0 saturated heterocycles. The third-order valence-electron chi connectivity index (χ3n) is 1.88. The van der Waals surface area contributed by atoms with E-state index in [0.29, 0.717) is 0 Å². The van der Waals surface area contributed by atoms with Gasteiger partial charge in [-0.05, 0) is 41.9 Å². The molecule has 0 fully saturated rings. The summed E-state index contributed by atoms with van der Waals surface area (Å²) in [5, 5.41) is 0. The van der Waals surface area contributed by atoms with E-state index in [4.69, 9.17) is 4.74 Å². The molecule has 0 saturated carbocycles. The maximum atomic E-state index is 11.5. The van der Waals surface area contributed by atoms with Crippen LogP contribution in [-0.4, -0.2) is 17.8 Å². The largest absolute Gasteiger partial charge is 0.468 e. The Morgan fingerprint density at radius 2 is 2.00 bits per heavy atom. The summed E-state index contributed by atoms with van der Waals surface area (Å²) in [6.45, 7) is 3.70. The molecule has 0 heterocycles. The lowest BCUT2D eigenvalue weighted by atomic mass is 10.2. The average molecular weight is 289 g/mol. The van der Waals surface area contributed by atoms with Crippen LogP contribution < -0.4 is 0 Å². The predicted molar refractivity (Wildman–Crippen MR) is 66.1 cm³/mol. The number of thioether (sulfide) groups is 1. The Balaban J connectivity index is 2.86. The summed E-state index contributed by atoms with van der Waals surface area (Å²) in [5.41, 5.74) is 0. The number of rotatable bonds is 3. The summed E-state index contributed by atoms with van der Waals surface area (Å²) in [4.78, 5) is 12.5. The van der Waals surface area contributed by atoms with Gasteiger partial charge in [0.25, 0.3) is 0 Å². The topological polar surface area (TPSA) is 26.3 Å². The van der Waals surface area contributed by atoms with E-state index < -0.39 is 4.75 Å². The zero-order valence-electron chi connectivity index (χ0n) is 8.91. The third-order valence-corrected chi connectivity index (χ3v) is 4.09. The maximum absolute atomic E-state index is 11.5. The number of hydrogen-bond donors (Lipinski definition) is 0. The van der Waals surface area contributed by atoms with Crippen LogP contribution in [-0.2, 0) is 9.53 Å². The van der Waals surface area contributed by atoms with Crippen molar-refractivity contribution >= 4 is 33.7 Å². The van der Waals surface area contributed by atoms with Crippen molar-refractivity contribution in [3.63, 3.8) is 0 Å². The molecule has 0 aromatic heterocycles. The summed E-state index contributed by atoms with van der Waals surface area (Å²) < 4.78 is 5.17. The average Bonchev–Trinajstić information content (AvgIpc) is 2.20. The highest BCUT2D eigenvalue weighted by Gasteiger charge is 2.30. The van der Waals surface area contributed by atoms with E-state index in [9.17, 15) is 4.79 Å². The second-order valence-electron chi connectivity index (χ2n) is 3.53. The monoisotopic (exact) mass is 288 g/mol. The van der Waals surface area contributed by atoms with Gasteiger partial charge in [0.05, 0.1) is 7.11 Å². The second-order valence-corrected chi connectivity index (χ2v) is 6.05. The van der Waals surface area contributed by atoms with Gasteiger partial charge in [-0.25, -0.2) is 0 Å². The van der Waals surface area contributed by atoms with Crippen LogP contribution in [0.2, 0.25) is 0 Å². The van der Waals surface area contributed by atoms with E-state index in [-0.39, 0.29) is 5.97 Å². The van der Waals surface area contributed by atoms with Crippen molar-refractivity contribution < 1.29 is 9.53 Å². The number of carbonyl (C=O) groups is 1. The Kier molecular flexibility index (Phi) is 4.22.